The summed E-state index contributed by atoms with van der Waals surface area (Å²) in [6.07, 6.45) is -3.62. The number of anilines is 1. The number of imidazole rings is 1. The van der Waals surface area contributed by atoms with Gasteiger partial charge >= 0.3 is 5.97 Å². The molecular formula is C14H16IN5O6. The van der Waals surface area contributed by atoms with Crippen molar-refractivity contribution in [1.29, 1.82) is 0 Å². The number of halogens is 1. The minimum Gasteiger partial charge on any atom is -0.479 e. The Balaban J connectivity index is 1.78. The minimum absolute atomic E-state index is 0.221. The molecule has 0 aliphatic carbocycles. The molecule has 2 fully saturated rings. The van der Waals surface area contributed by atoms with Gasteiger partial charge in [-0.15, -0.1) is 0 Å². The molecule has 0 saturated carbocycles. The Morgan fingerprint density at radius 2 is 2.08 bits per heavy atom. The number of aliphatic hydroxyl groups excluding tert-OH is 1. The van der Waals surface area contributed by atoms with Gasteiger partial charge in [0.1, 0.15) is 23.8 Å². The number of nitrogens with two attached hydrogens (primary N) is 1. The second kappa shape index (κ2) is 5.95. The van der Waals surface area contributed by atoms with Gasteiger partial charge < -0.3 is 30.2 Å². The van der Waals surface area contributed by atoms with Crippen molar-refractivity contribution in [3.05, 3.63) is 10.2 Å². The molecule has 2 aliphatic rings. The Hall–Kier alpha value is -1.61. The molecule has 0 radical (unpaired) electrons. The van der Waals surface area contributed by atoms with E-state index < -0.39 is 42.4 Å². The molecule has 12 heteroatoms. The number of nitrogens with zero attached hydrogens (tertiary/aromatic N) is 4. The summed E-state index contributed by atoms with van der Waals surface area (Å²) < 4.78 is 19.5. The molecule has 2 aromatic heterocycles. The predicted octanol–water partition coefficient (Wildman–Crippen LogP) is -0.124. The van der Waals surface area contributed by atoms with E-state index in [2.05, 4.69) is 15.0 Å². The van der Waals surface area contributed by atoms with Crippen molar-refractivity contribution in [3.8, 4) is 0 Å². The third-order valence-corrected chi connectivity index (χ3v) is 4.81. The van der Waals surface area contributed by atoms with Crippen molar-refractivity contribution in [2.24, 2.45) is 0 Å². The third kappa shape index (κ3) is 2.72. The van der Waals surface area contributed by atoms with Crippen molar-refractivity contribution in [2.75, 3.05) is 5.73 Å². The van der Waals surface area contributed by atoms with Gasteiger partial charge in [-0.1, -0.05) is 0 Å². The number of hydrogen-bond donors (Lipinski definition) is 3. The first-order chi connectivity index (χ1) is 12.2. The second-order valence-electron chi connectivity index (χ2n) is 6.54. The fraction of sp³-hybridized carbons (Fsp3) is 0.571. The van der Waals surface area contributed by atoms with Gasteiger partial charge in [-0.2, -0.15) is 0 Å². The SMILES string of the molecule is CC1(C)O[C@H]2[C@@H](O1)[C@H](n1cnc3c(N)nc(I)nc31)O[C@@H]2[C@@H](O)C(=O)O. The normalized spacial score (nSPS) is 31.2. The summed E-state index contributed by atoms with van der Waals surface area (Å²) in [4.78, 5) is 23.9. The lowest BCUT2D eigenvalue weighted by Gasteiger charge is -2.25. The Morgan fingerprint density at radius 3 is 2.77 bits per heavy atom. The third-order valence-electron chi connectivity index (χ3n) is 4.32. The molecule has 0 amide bonds. The van der Waals surface area contributed by atoms with Crippen LogP contribution in [0.4, 0.5) is 5.82 Å². The maximum Gasteiger partial charge on any atom is 0.335 e. The summed E-state index contributed by atoms with van der Waals surface area (Å²) >= 11 is 1.93. The number of aliphatic hydroxyl groups is 1. The molecule has 5 atom stereocenters. The van der Waals surface area contributed by atoms with Gasteiger partial charge in [-0.05, 0) is 13.8 Å². The molecule has 4 rings (SSSR count). The molecule has 0 unspecified atom stereocenters. The van der Waals surface area contributed by atoms with Gasteiger partial charge in [-0.3, -0.25) is 4.57 Å². The topological polar surface area (TPSA) is 155 Å². The fourth-order valence-electron chi connectivity index (χ4n) is 3.32. The molecule has 0 spiro atoms. The highest BCUT2D eigenvalue weighted by atomic mass is 127. The largest absolute Gasteiger partial charge is 0.479 e. The van der Waals surface area contributed by atoms with Gasteiger partial charge in [0.2, 0.25) is 0 Å². The van der Waals surface area contributed by atoms with Crippen molar-refractivity contribution in [1.82, 2.24) is 19.5 Å². The zero-order valence-corrected chi connectivity index (χ0v) is 15.9. The number of carboxylic acid groups (broad SMARTS) is 1. The average Bonchev–Trinajstić information content (AvgIpc) is 3.17. The molecule has 4 heterocycles. The van der Waals surface area contributed by atoms with Crippen LogP contribution < -0.4 is 5.73 Å². The Bertz CT molecular complexity index is 888. The van der Waals surface area contributed by atoms with E-state index in [4.69, 9.17) is 19.9 Å². The molecule has 2 aliphatic heterocycles. The number of fused-ring (bicyclic) bond motifs is 2. The van der Waals surface area contributed by atoms with E-state index in [0.29, 0.717) is 15.0 Å². The number of carbonyl (C=O) groups is 1. The number of rotatable bonds is 3. The van der Waals surface area contributed by atoms with Crippen LogP contribution in [0.25, 0.3) is 11.2 Å². The van der Waals surface area contributed by atoms with Crippen LogP contribution in [0.15, 0.2) is 6.33 Å². The Labute approximate surface area is 160 Å². The van der Waals surface area contributed by atoms with Crippen molar-refractivity contribution in [3.63, 3.8) is 0 Å². The molecule has 2 aromatic rings. The standard InChI is InChI=1S/C14H16IN5O6/c1-14(2)25-7-6(5(21)12(22)23)24-11(8(7)26-14)20-3-17-4-9(16)18-13(15)19-10(4)20/h3,5-8,11,21H,1-2H3,(H,22,23)(H2,16,18,19)/t5-,6-,7-,8-,11-/m1/s1. The number of aliphatic carboxylic acids is 1. The van der Waals surface area contributed by atoms with Crippen LogP contribution >= 0.6 is 22.6 Å². The Morgan fingerprint density at radius 1 is 1.38 bits per heavy atom. The summed E-state index contributed by atoms with van der Waals surface area (Å²) in [6, 6.07) is 0. The predicted molar refractivity (Wildman–Crippen MR) is 93.8 cm³/mol. The van der Waals surface area contributed by atoms with Crippen molar-refractivity contribution >= 4 is 45.5 Å². The first kappa shape index (κ1) is 17.8. The maximum absolute atomic E-state index is 11.2. The van der Waals surface area contributed by atoms with Crippen LogP contribution in [0.3, 0.4) is 0 Å². The van der Waals surface area contributed by atoms with Gasteiger partial charge in [0.15, 0.2) is 33.4 Å². The van der Waals surface area contributed by atoms with E-state index in [0.717, 1.165) is 0 Å². The van der Waals surface area contributed by atoms with Crippen molar-refractivity contribution < 1.29 is 29.2 Å². The lowest BCUT2D eigenvalue weighted by atomic mass is 10.1. The maximum atomic E-state index is 11.2. The smallest absolute Gasteiger partial charge is 0.335 e. The quantitative estimate of drug-likeness (QED) is 0.403. The molecule has 11 nitrogen and oxygen atoms in total. The monoisotopic (exact) mass is 477 g/mol. The van der Waals surface area contributed by atoms with E-state index in [9.17, 15) is 15.0 Å². The Kier molecular flexibility index (Phi) is 4.07. The summed E-state index contributed by atoms with van der Waals surface area (Å²) in [5.74, 6) is -2.13. The molecule has 0 bridgehead atoms. The fourth-order valence-corrected chi connectivity index (χ4v) is 3.81. The number of nitrogen functional groups attached to an aromatic ring is 1. The lowest BCUT2D eigenvalue weighted by Crippen LogP contribution is -2.42. The van der Waals surface area contributed by atoms with E-state index in [-0.39, 0.29) is 5.82 Å². The van der Waals surface area contributed by atoms with E-state index in [1.165, 1.54) is 6.33 Å². The van der Waals surface area contributed by atoms with E-state index in [1.54, 1.807) is 18.4 Å². The highest BCUT2D eigenvalue weighted by Crippen LogP contribution is 2.44. The summed E-state index contributed by atoms with van der Waals surface area (Å²) in [5, 5.41) is 19.2. The second-order valence-corrected chi connectivity index (χ2v) is 7.51. The highest BCUT2D eigenvalue weighted by molar-refractivity contribution is 14.1. The molecule has 2 saturated heterocycles. The van der Waals surface area contributed by atoms with Gasteiger partial charge in [0, 0.05) is 22.6 Å². The minimum atomic E-state index is -1.76. The molecule has 0 aromatic carbocycles. The number of hydrogen-bond acceptors (Lipinski definition) is 9. The van der Waals surface area contributed by atoms with Crippen LogP contribution in [0.1, 0.15) is 20.1 Å². The van der Waals surface area contributed by atoms with Gasteiger partial charge in [0.05, 0.1) is 6.33 Å². The van der Waals surface area contributed by atoms with Crippen LogP contribution in [0, 0.1) is 3.83 Å². The first-order valence-corrected chi connectivity index (χ1v) is 8.83. The van der Waals surface area contributed by atoms with Crippen LogP contribution in [0.2, 0.25) is 0 Å². The first-order valence-electron chi connectivity index (χ1n) is 7.75. The highest BCUT2D eigenvalue weighted by Gasteiger charge is 2.59. The molecule has 26 heavy (non-hydrogen) atoms. The molecule has 4 N–H and O–H groups in total. The molecular weight excluding hydrogens is 461 g/mol. The van der Waals surface area contributed by atoms with E-state index in [1.807, 2.05) is 22.6 Å². The van der Waals surface area contributed by atoms with Crippen LogP contribution in [-0.4, -0.2) is 65.9 Å². The van der Waals surface area contributed by atoms with Gasteiger partial charge in [0.25, 0.3) is 0 Å². The molecule has 140 valence electrons. The number of ether oxygens (including phenoxy) is 3. The summed E-state index contributed by atoms with van der Waals surface area (Å²) in [7, 11) is 0. The summed E-state index contributed by atoms with van der Waals surface area (Å²) in [6.45, 7) is 3.42. The summed E-state index contributed by atoms with van der Waals surface area (Å²) in [5.41, 5.74) is 6.70. The van der Waals surface area contributed by atoms with E-state index >= 15 is 0 Å². The lowest BCUT2D eigenvalue weighted by molar-refractivity contribution is -0.210. The zero-order valence-electron chi connectivity index (χ0n) is 13.7. The zero-order chi connectivity index (χ0) is 18.8. The van der Waals surface area contributed by atoms with Crippen LogP contribution in [0.5, 0.6) is 0 Å². The van der Waals surface area contributed by atoms with Crippen molar-refractivity contribution in [2.45, 2.75) is 50.3 Å². The average molecular weight is 477 g/mol. The number of carboxylic acids is 1. The number of aromatic nitrogens is 4. The van der Waals surface area contributed by atoms with Gasteiger partial charge in [-0.25, -0.2) is 19.7 Å². The van der Waals surface area contributed by atoms with Crippen LogP contribution in [-0.2, 0) is 19.0 Å².